The Bertz CT molecular complexity index is 849. The molecule has 3 atom stereocenters. The number of aliphatic hydroxyl groups excluding tert-OH is 1. The van der Waals surface area contributed by atoms with Crippen LogP contribution in [0.4, 0.5) is 0 Å². The minimum atomic E-state index is -0.743. The van der Waals surface area contributed by atoms with Crippen LogP contribution in [-0.4, -0.2) is 22.0 Å². The molecule has 1 aromatic heterocycles. The van der Waals surface area contributed by atoms with E-state index in [4.69, 9.17) is 5.11 Å². The minimum absolute atomic E-state index is 0.0177. The largest absolute Gasteiger partial charge is 0.481 e. The zero-order valence-corrected chi connectivity index (χ0v) is 17.8. The van der Waals surface area contributed by atoms with E-state index < -0.39 is 12.1 Å². The third kappa shape index (κ3) is 5.77. The van der Waals surface area contributed by atoms with Crippen LogP contribution in [0.1, 0.15) is 69.3 Å². The van der Waals surface area contributed by atoms with Gasteiger partial charge < -0.3 is 10.2 Å². The predicted molar refractivity (Wildman–Crippen MR) is 117 cm³/mol. The van der Waals surface area contributed by atoms with E-state index in [0.29, 0.717) is 12.8 Å². The van der Waals surface area contributed by atoms with Crippen molar-refractivity contribution in [2.45, 2.75) is 64.4 Å². The lowest BCUT2D eigenvalue weighted by atomic mass is 9.83. The third-order valence-electron chi connectivity index (χ3n) is 5.99. The zero-order chi connectivity index (χ0) is 20.8. The highest BCUT2D eigenvalue weighted by atomic mass is 32.1. The summed E-state index contributed by atoms with van der Waals surface area (Å²) in [6.07, 6.45) is 7.35. The van der Waals surface area contributed by atoms with Crippen molar-refractivity contribution in [2.75, 3.05) is 0 Å². The highest BCUT2D eigenvalue weighted by Gasteiger charge is 2.33. The topological polar surface area (TPSA) is 74.6 Å². The summed E-state index contributed by atoms with van der Waals surface area (Å²) in [4.78, 5) is 24.0. The molecule has 1 aliphatic rings. The van der Waals surface area contributed by atoms with Gasteiger partial charge in [0.15, 0.2) is 5.78 Å². The average Bonchev–Trinajstić information content (AvgIpc) is 3.23. The maximum atomic E-state index is 12.4. The molecule has 3 rings (SSSR count). The second kappa shape index (κ2) is 10.2. The highest BCUT2D eigenvalue weighted by molar-refractivity contribution is 7.19. The average molecular weight is 415 g/mol. The fourth-order valence-electron chi connectivity index (χ4n) is 4.37. The molecular formula is C24H30O4S. The Hall–Kier alpha value is -1.98. The van der Waals surface area contributed by atoms with Gasteiger partial charge in [-0.2, -0.15) is 0 Å². The molecule has 0 fully saturated rings. The van der Waals surface area contributed by atoms with Gasteiger partial charge in [0, 0.05) is 21.9 Å². The van der Waals surface area contributed by atoms with E-state index in [0.717, 1.165) is 42.6 Å². The molecule has 1 aliphatic carbocycles. The van der Waals surface area contributed by atoms with Gasteiger partial charge >= 0.3 is 5.97 Å². The van der Waals surface area contributed by atoms with Crippen LogP contribution in [-0.2, 0) is 9.59 Å². The molecule has 0 saturated heterocycles. The smallest absolute Gasteiger partial charge is 0.303 e. The van der Waals surface area contributed by atoms with Gasteiger partial charge in [-0.3, -0.25) is 9.59 Å². The van der Waals surface area contributed by atoms with Gasteiger partial charge in [0.2, 0.25) is 0 Å². The monoisotopic (exact) mass is 414 g/mol. The number of unbranched alkanes of at least 4 members (excludes halogenated alkanes) is 3. The number of aliphatic carboxylic acids is 1. The van der Waals surface area contributed by atoms with Crippen molar-refractivity contribution < 1.29 is 19.8 Å². The summed E-state index contributed by atoms with van der Waals surface area (Å²) in [5, 5.41) is 20.6. The number of hydrogen-bond donors (Lipinski definition) is 2. The van der Waals surface area contributed by atoms with E-state index >= 15 is 0 Å². The summed E-state index contributed by atoms with van der Waals surface area (Å²) >= 11 is 1.64. The Morgan fingerprint density at radius 3 is 2.62 bits per heavy atom. The molecule has 0 radical (unpaired) electrons. The van der Waals surface area contributed by atoms with Crippen LogP contribution in [0.2, 0.25) is 0 Å². The number of benzene rings is 1. The van der Waals surface area contributed by atoms with E-state index in [9.17, 15) is 14.7 Å². The first-order valence-corrected chi connectivity index (χ1v) is 11.4. The number of ketones is 1. The van der Waals surface area contributed by atoms with Gasteiger partial charge in [-0.15, -0.1) is 11.3 Å². The summed E-state index contributed by atoms with van der Waals surface area (Å²) in [5.74, 6) is -0.294. The number of carboxylic acids is 1. The van der Waals surface area contributed by atoms with E-state index in [1.54, 1.807) is 17.4 Å². The standard InChI is InChI=1S/C24H30O4S/c1-16-14-21(26)19(9-4-2-3-5-11-24(27)28)18(16)12-13-20(25)23-15-17-8-6-7-10-22(17)29-23/h6-8,10,14-15,18-20,25H,2-5,9,11-13H2,1H3,(H,27,28). The van der Waals surface area contributed by atoms with Crippen LogP contribution in [0.15, 0.2) is 42.0 Å². The van der Waals surface area contributed by atoms with Crippen LogP contribution < -0.4 is 0 Å². The van der Waals surface area contributed by atoms with Gasteiger partial charge in [0.05, 0.1) is 6.10 Å². The number of carbonyl (C=O) groups is 2. The number of allylic oxidation sites excluding steroid dienone is 2. The number of fused-ring (bicyclic) bond motifs is 1. The molecule has 5 heteroatoms. The van der Waals surface area contributed by atoms with Crippen LogP contribution >= 0.6 is 11.3 Å². The van der Waals surface area contributed by atoms with Crippen molar-refractivity contribution in [1.82, 2.24) is 0 Å². The molecular weight excluding hydrogens is 384 g/mol. The van der Waals surface area contributed by atoms with Gasteiger partial charge in [-0.1, -0.05) is 43.0 Å². The maximum Gasteiger partial charge on any atom is 0.303 e. The quantitative estimate of drug-likeness (QED) is 0.449. The fraction of sp³-hybridized carbons (Fsp3) is 0.500. The molecule has 0 spiro atoms. The molecule has 3 unspecified atom stereocenters. The Morgan fingerprint density at radius 2 is 1.86 bits per heavy atom. The number of carboxylic acid groups (broad SMARTS) is 1. The number of rotatable bonds is 11. The second-order valence-electron chi connectivity index (χ2n) is 8.13. The minimum Gasteiger partial charge on any atom is -0.481 e. The molecule has 0 saturated carbocycles. The molecule has 0 aliphatic heterocycles. The van der Waals surface area contributed by atoms with E-state index in [2.05, 4.69) is 18.2 Å². The summed E-state index contributed by atoms with van der Waals surface area (Å²) in [6, 6.07) is 10.2. The molecule has 0 amide bonds. The van der Waals surface area contributed by atoms with Gasteiger partial charge in [-0.25, -0.2) is 0 Å². The Morgan fingerprint density at radius 1 is 1.10 bits per heavy atom. The van der Waals surface area contributed by atoms with Crippen molar-refractivity contribution in [1.29, 1.82) is 0 Å². The van der Waals surface area contributed by atoms with E-state index in [1.807, 2.05) is 19.1 Å². The highest BCUT2D eigenvalue weighted by Crippen LogP contribution is 2.39. The second-order valence-corrected chi connectivity index (χ2v) is 9.25. The number of carbonyl (C=O) groups excluding carboxylic acids is 1. The number of hydrogen-bond acceptors (Lipinski definition) is 4. The molecule has 2 N–H and O–H groups in total. The normalized spacial score (nSPS) is 20.2. The summed E-state index contributed by atoms with van der Waals surface area (Å²) < 4.78 is 1.19. The van der Waals surface area contributed by atoms with Crippen LogP contribution in [0.5, 0.6) is 0 Å². The van der Waals surface area contributed by atoms with Gasteiger partial charge in [0.1, 0.15) is 0 Å². The third-order valence-corrected chi connectivity index (χ3v) is 7.20. The SMILES string of the molecule is CC1=CC(=O)C(CCCCCCC(=O)O)C1CCC(O)c1cc2ccccc2s1. The molecule has 29 heavy (non-hydrogen) atoms. The maximum absolute atomic E-state index is 12.4. The Kier molecular flexibility index (Phi) is 7.62. The number of thiophene rings is 1. The Balaban J connectivity index is 1.50. The van der Waals surface area contributed by atoms with E-state index in [-0.39, 0.29) is 24.0 Å². The van der Waals surface area contributed by atoms with Crippen LogP contribution in [0.3, 0.4) is 0 Å². The molecule has 2 aromatic rings. The first-order valence-electron chi connectivity index (χ1n) is 10.6. The molecule has 1 aromatic carbocycles. The van der Waals surface area contributed by atoms with Crippen molar-refractivity contribution in [3.05, 3.63) is 46.9 Å². The zero-order valence-electron chi connectivity index (χ0n) is 17.0. The molecule has 156 valence electrons. The molecule has 4 nitrogen and oxygen atoms in total. The van der Waals surface area contributed by atoms with Gasteiger partial charge in [0.25, 0.3) is 0 Å². The van der Waals surface area contributed by atoms with Crippen LogP contribution in [0, 0.1) is 11.8 Å². The molecule has 0 bridgehead atoms. The number of aliphatic hydroxyl groups is 1. The summed E-state index contributed by atoms with van der Waals surface area (Å²) in [5.41, 5.74) is 1.13. The van der Waals surface area contributed by atoms with Gasteiger partial charge in [-0.05, 0) is 62.1 Å². The van der Waals surface area contributed by atoms with E-state index in [1.165, 1.54) is 10.1 Å². The Labute approximate surface area is 176 Å². The lowest BCUT2D eigenvalue weighted by molar-refractivity contribution is -0.137. The summed E-state index contributed by atoms with van der Waals surface area (Å²) in [7, 11) is 0. The van der Waals surface area contributed by atoms with Crippen molar-refractivity contribution in [3.8, 4) is 0 Å². The van der Waals surface area contributed by atoms with Crippen molar-refractivity contribution >= 4 is 33.2 Å². The first kappa shape index (κ1) is 21.7. The van der Waals surface area contributed by atoms with Crippen molar-refractivity contribution in [3.63, 3.8) is 0 Å². The van der Waals surface area contributed by atoms with Crippen molar-refractivity contribution in [2.24, 2.45) is 11.8 Å². The van der Waals surface area contributed by atoms with Crippen LogP contribution in [0.25, 0.3) is 10.1 Å². The first-order chi connectivity index (χ1) is 14.0. The molecule has 1 heterocycles. The lowest BCUT2D eigenvalue weighted by Crippen LogP contribution is -2.18. The lowest BCUT2D eigenvalue weighted by Gasteiger charge is -2.22. The summed E-state index contributed by atoms with van der Waals surface area (Å²) in [6.45, 7) is 2.03. The predicted octanol–water partition coefficient (Wildman–Crippen LogP) is 5.90. The fourth-order valence-corrected chi connectivity index (χ4v) is 5.45.